The van der Waals surface area contributed by atoms with Crippen LogP contribution in [-0.4, -0.2) is 18.0 Å². The fraction of sp³-hybridized carbons (Fsp3) is 0.0500. The van der Waals surface area contributed by atoms with Gasteiger partial charge in [0.25, 0.3) is 11.8 Å². The number of nitrogens with zero attached hydrogens (tertiary/aromatic N) is 1. The molecule has 2 N–H and O–H groups in total. The summed E-state index contributed by atoms with van der Waals surface area (Å²) in [5.74, 6) is -0.0195. The van der Waals surface area contributed by atoms with E-state index >= 15 is 0 Å². The van der Waals surface area contributed by atoms with Crippen molar-refractivity contribution in [2.45, 2.75) is 6.92 Å². The second-order valence-electron chi connectivity index (χ2n) is 5.61. The summed E-state index contributed by atoms with van der Waals surface area (Å²) in [6.07, 6.45) is 2.93. The minimum atomic E-state index is -0.357. The first-order valence-electron chi connectivity index (χ1n) is 7.97. The first kappa shape index (κ1) is 17.2. The van der Waals surface area contributed by atoms with Crippen molar-refractivity contribution in [3.63, 3.8) is 0 Å². The highest BCUT2D eigenvalue weighted by Gasteiger charge is 2.07. The third kappa shape index (κ3) is 4.45. The third-order valence-corrected chi connectivity index (χ3v) is 3.62. The Morgan fingerprint density at radius 1 is 0.923 bits per heavy atom. The molecule has 0 unspecified atom stereocenters. The fourth-order valence-corrected chi connectivity index (χ4v) is 2.20. The monoisotopic (exact) mass is 347 g/mol. The number of anilines is 1. The normalized spacial score (nSPS) is 10.7. The number of carbonyl (C=O) groups excluding carboxylic acids is 2. The molecule has 0 radical (unpaired) electrons. The molecule has 6 heteroatoms. The molecule has 1 heterocycles. The fourth-order valence-electron chi connectivity index (χ4n) is 2.20. The van der Waals surface area contributed by atoms with Crippen molar-refractivity contribution in [1.82, 2.24) is 5.43 Å². The molecule has 0 aliphatic carbocycles. The van der Waals surface area contributed by atoms with Gasteiger partial charge in [-0.1, -0.05) is 17.7 Å². The molecule has 3 aromatic rings. The SMILES string of the molecule is Cc1ccc(C(=O)Nc2ccc(C(=O)N/N=C/c3ccco3)cc2)cc1. The van der Waals surface area contributed by atoms with Crippen molar-refractivity contribution >= 4 is 23.7 Å². The second kappa shape index (κ2) is 7.94. The van der Waals surface area contributed by atoms with Crippen molar-refractivity contribution in [2.75, 3.05) is 5.32 Å². The summed E-state index contributed by atoms with van der Waals surface area (Å²) in [7, 11) is 0. The predicted octanol–water partition coefficient (Wildman–Crippen LogP) is 3.60. The number of benzene rings is 2. The van der Waals surface area contributed by atoms with Crippen LogP contribution in [0.3, 0.4) is 0 Å². The maximum atomic E-state index is 12.2. The van der Waals surface area contributed by atoms with Crippen molar-refractivity contribution in [3.05, 3.63) is 89.4 Å². The summed E-state index contributed by atoms with van der Waals surface area (Å²) in [5, 5.41) is 6.61. The molecular weight excluding hydrogens is 330 g/mol. The van der Waals surface area contributed by atoms with Crippen LogP contribution in [0.25, 0.3) is 0 Å². The maximum Gasteiger partial charge on any atom is 0.271 e. The van der Waals surface area contributed by atoms with Crippen LogP contribution in [-0.2, 0) is 0 Å². The number of amides is 2. The van der Waals surface area contributed by atoms with Gasteiger partial charge in [0.15, 0.2) is 0 Å². The van der Waals surface area contributed by atoms with Gasteiger partial charge in [-0.05, 0) is 55.5 Å². The van der Waals surface area contributed by atoms with Gasteiger partial charge in [-0.2, -0.15) is 5.10 Å². The lowest BCUT2D eigenvalue weighted by Crippen LogP contribution is -2.17. The molecule has 1 aromatic heterocycles. The van der Waals surface area contributed by atoms with Crippen LogP contribution in [0.15, 0.2) is 76.4 Å². The topological polar surface area (TPSA) is 83.7 Å². The lowest BCUT2D eigenvalue weighted by atomic mass is 10.1. The first-order valence-corrected chi connectivity index (χ1v) is 7.97. The van der Waals surface area contributed by atoms with Crippen molar-refractivity contribution in [2.24, 2.45) is 5.10 Å². The lowest BCUT2D eigenvalue weighted by molar-refractivity contribution is 0.0954. The second-order valence-corrected chi connectivity index (χ2v) is 5.61. The number of carbonyl (C=O) groups is 2. The van der Waals surface area contributed by atoms with Crippen LogP contribution in [0.2, 0.25) is 0 Å². The molecular formula is C20H17N3O3. The first-order chi connectivity index (χ1) is 12.6. The third-order valence-electron chi connectivity index (χ3n) is 3.62. The number of nitrogens with one attached hydrogen (secondary N) is 2. The van der Waals surface area contributed by atoms with Gasteiger partial charge in [0.05, 0.1) is 12.5 Å². The summed E-state index contributed by atoms with van der Waals surface area (Å²) in [5.41, 5.74) is 5.10. The van der Waals surface area contributed by atoms with E-state index in [1.165, 1.54) is 12.5 Å². The Morgan fingerprint density at radius 3 is 2.23 bits per heavy atom. The van der Waals surface area contributed by atoms with Gasteiger partial charge in [0, 0.05) is 16.8 Å². The number of rotatable bonds is 5. The minimum absolute atomic E-state index is 0.203. The molecule has 6 nitrogen and oxygen atoms in total. The largest absolute Gasteiger partial charge is 0.463 e. The minimum Gasteiger partial charge on any atom is -0.463 e. The van der Waals surface area contributed by atoms with Crippen LogP contribution >= 0.6 is 0 Å². The zero-order valence-electron chi connectivity index (χ0n) is 14.1. The van der Waals surface area contributed by atoms with Crippen molar-refractivity contribution in [1.29, 1.82) is 0 Å². The smallest absolute Gasteiger partial charge is 0.271 e. The highest BCUT2D eigenvalue weighted by Crippen LogP contribution is 2.12. The van der Waals surface area contributed by atoms with E-state index in [9.17, 15) is 9.59 Å². The van der Waals surface area contributed by atoms with E-state index in [2.05, 4.69) is 15.8 Å². The van der Waals surface area contributed by atoms with E-state index in [4.69, 9.17) is 4.42 Å². The summed E-state index contributed by atoms with van der Waals surface area (Å²) in [4.78, 5) is 24.2. The van der Waals surface area contributed by atoms with E-state index < -0.39 is 0 Å². The van der Waals surface area contributed by atoms with Gasteiger partial charge in [-0.3, -0.25) is 9.59 Å². The van der Waals surface area contributed by atoms with Gasteiger partial charge in [-0.25, -0.2) is 5.43 Å². The van der Waals surface area contributed by atoms with Gasteiger partial charge in [0.1, 0.15) is 5.76 Å². The molecule has 0 saturated heterocycles. The molecule has 0 atom stereocenters. The molecule has 26 heavy (non-hydrogen) atoms. The van der Waals surface area contributed by atoms with E-state index in [0.29, 0.717) is 22.6 Å². The predicted molar refractivity (Wildman–Crippen MR) is 99.3 cm³/mol. The molecule has 0 aliphatic rings. The molecule has 2 aromatic carbocycles. The van der Waals surface area contributed by atoms with Crippen LogP contribution in [0.1, 0.15) is 32.0 Å². The molecule has 0 aliphatic heterocycles. The van der Waals surface area contributed by atoms with Crippen LogP contribution in [0, 0.1) is 6.92 Å². The molecule has 0 saturated carbocycles. The Morgan fingerprint density at radius 2 is 1.58 bits per heavy atom. The summed E-state index contributed by atoms with van der Waals surface area (Å²) >= 11 is 0. The molecule has 0 bridgehead atoms. The Labute approximate surface area is 150 Å². The number of aryl methyl sites for hydroxylation is 1. The number of hydrazone groups is 1. The zero-order valence-corrected chi connectivity index (χ0v) is 14.1. The van der Waals surface area contributed by atoms with Crippen molar-refractivity contribution in [3.8, 4) is 0 Å². The average molecular weight is 347 g/mol. The maximum absolute atomic E-state index is 12.2. The molecule has 3 rings (SSSR count). The summed E-state index contributed by atoms with van der Waals surface area (Å²) < 4.78 is 5.08. The Bertz CT molecular complexity index is 912. The molecule has 0 spiro atoms. The zero-order chi connectivity index (χ0) is 18.4. The van der Waals surface area contributed by atoms with Crippen LogP contribution in [0.4, 0.5) is 5.69 Å². The van der Waals surface area contributed by atoms with Gasteiger partial charge >= 0.3 is 0 Å². The highest BCUT2D eigenvalue weighted by molar-refractivity contribution is 6.04. The number of furan rings is 1. The number of hydrogen-bond acceptors (Lipinski definition) is 4. The van der Waals surface area contributed by atoms with Gasteiger partial charge < -0.3 is 9.73 Å². The quantitative estimate of drug-likeness (QED) is 0.546. The molecule has 130 valence electrons. The standard InChI is InChI=1S/C20H17N3O3/c1-14-4-6-15(7-5-14)19(24)22-17-10-8-16(9-11-17)20(25)23-21-13-18-3-2-12-26-18/h2-13H,1H3,(H,22,24)(H,23,25)/b21-13+. The lowest BCUT2D eigenvalue weighted by Gasteiger charge is -2.06. The van der Waals surface area contributed by atoms with E-state index in [1.807, 2.05) is 19.1 Å². The van der Waals surface area contributed by atoms with Crippen molar-refractivity contribution < 1.29 is 14.0 Å². The van der Waals surface area contributed by atoms with E-state index in [1.54, 1.807) is 48.5 Å². The average Bonchev–Trinajstić information content (AvgIpc) is 3.16. The van der Waals surface area contributed by atoms with E-state index in [0.717, 1.165) is 5.56 Å². The highest BCUT2D eigenvalue weighted by atomic mass is 16.3. The van der Waals surface area contributed by atoms with Gasteiger partial charge in [-0.15, -0.1) is 0 Å². The Kier molecular flexibility index (Phi) is 5.24. The van der Waals surface area contributed by atoms with Crippen LogP contribution < -0.4 is 10.7 Å². The van der Waals surface area contributed by atoms with E-state index in [-0.39, 0.29) is 11.8 Å². The number of hydrogen-bond donors (Lipinski definition) is 2. The summed E-state index contributed by atoms with van der Waals surface area (Å²) in [6, 6.07) is 17.3. The molecule has 0 fully saturated rings. The van der Waals surface area contributed by atoms with Gasteiger partial charge in [0.2, 0.25) is 0 Å². The Balaban J connectivity index is 1.58. The van der Waals surface area contributed by atoms with Crippen LogP contribution in [0.5, 0.6) is 0 Å². The summed E-state index contributed by atoms with van der Waals surface area (Å²) in [6.45, 7) is 1.96. The Hall–Kier alpha value is -3.67. The molecule has 2 amide bonds.